The van der Waals surface area contributed by atoms with Gasteiger partial charge in [0.25, 0.3) is 0 Å². The van der Waals surface area contributed by atoms with Crippen LogP contribution in [0.25, 0.3) is 0 Å². The van der Waals surface area contributed by atoms with Gasteiger partial charge in [-0.2, -0.15) is 0 Å². The maximum Gasteiger partial charge on any atom is 0.221 e. The van der Waals surface area contributed by atoms with Crippen molar-refractivity contribution in [2.75, 3.05) is 0 Å². The first-order valence-corrected chi connectivity index (χ1v) is 9.80. The van der Waals surface area contributed by atoms with Crippen LogP contribution in [0.2, 0.25) is 0 Å². The minimum absolute atomic E-state index is 0.175. The van der Waals surface area contributed by atoms with Crippen molar-refractivity contribution in [2.24, 2.45) is 11.8 Å². The lowest BCUT2D eigenvalue weighted by Gasteiger charge is -2.02. The average molecular weight is 315 g/mol. The van der Waals surface area contributed by atoms with Crippen LogP contribution >= 0.6 is 11.6 Å². The fourth-order valence-corrected chi connectivity index (χ4v) is 3.54. The Labute approximate surface area is 137 Å². The van der Waals surface area contributed by atoms with Gasteiger partial charge in [-0.25, -0.2) is 0 Å². The molecule has 1 fully saturated rings. The molecular weight excluding hydrogens is 280 g/mol. The third kappa shape index (κ3) is 11.2. The molecule has 0 radical (unpaired) electrons. The fourth-order valence-electron chi connectivity index (χ4n) is 3.41. The minimum Gasteiger partial charge on any atom is -0.281 e. The normalized spacial score (nSPS) is 20.7. The lowest BCUT2D eigenvalue weighted by Crippen LogP contribution is -1.88. The summed E-state index contributed by atoms with van der Waals surface area (Å²) in [6.45, 7) is 2.28. The van der Waals surface area contributed by atoms with Crippen molar-refractivity contribution in [1.29, 1.82) is 0 Å². The minimum atomic E-state index is -0.175. The maximum atomic E-state index is 10.6. The van der Waals surface area contributed by atoms with E-state index < -0.39 is 0 Å². The van der Waals surface area contributed by atoms with Crippen LogP contribution in [-0.4, -0.2) is 5.24 Å². The van der Waals surface area contributed by atoms with Crippen LogP contribution in [0.4, 0.5) is 0 Å². The molecule has 21 heavy (non-hydrogen) atoms. The molecule has 2 atom stereocenters. The average Bonchev–Trinajstić information content (AvgIpc) is 3.20. The lowest BCUT2D eigenvalue weighted by molar-refractivity contribution is -0.111. The lowest BCUT2D eigenvalue weighted by atomic mass is 10.0. The van der Waals surface area contributed by atoms with E-state index in [4.69, 9.17) is 11.6 Å². The van der Waals surface area contributed by atoms with E-state index >= 15 is 0 Å². The number of carbonyl (C=O) groups is 1. The van der Waals surface area contributed by atoms with E-state index in [1.165, 1.54) is 83.5 Å². The fraction of sp³-hybridized carbons (Fsp3) is 0.947. The second kappa shape index (κ2) is 12.5. The first-order valence-electron chi connectivity index (χ1n) is 9.42. The number of halogens is 1. The van der Waals surface area contributed by atoms with Crippen LogP contribution in [0.15, 0.2) is 0 Å². The van der Waals surface area contributed by atoms with Crippen LogP contribution in [0.3, 0.4) is 0 Å². The predicted molar refractivity (Wildman–Crippen MR) is 92.8 cm³/mol. The topological polar surface area (TPSA) is 17.1 Å². The SMILES string of the molecule is CCCCCCCCC1CC1CCCCCCCC(=O)Cl. The van der Waals surface area contributed by atoms with Gasteiger partial charge in [0, 0.05) is 6.42 Å². The Morgan fingerprint density at radius 3 is 1.81 bits per heavy atom. The second-order valence-electron chi connectivity index (χ2n) is 6.97. The van der Waals surface area contributed by atoms with E-state index in [1.807, 2.05) is 0 Å². The predicted octanol–water partition coefficient (Wildman–Crippen LogP) is 6.87. The summed E-state index contributed by atoms with van der Waals surface area (Å²) in [7, 11) is 0. The van der Waals surface area contributed by atoms with Gasteiger partial charge in [-0.05, 0) is 36.3 Å². The van der Waals surface area contributed by atoms with Gasteiger partial charge in [0.15, 0.2) is 0 Å². The molecule has 0 bridgehead atoms. The highest BCUT2D eigenvalue weighted by Gasteiger charge is 2.34. The summed E-state index contributed by atoms with van der Waals surface area (Å²) in [6, 6.07) is 0. The van der Waals surface area contributed by atoms with Gasteiger partial charge < -0.3 is 0 Å². The zero-order chi connectivity index (χ0) is 15.3. The molecule has 1 rings (SSSR count). The Bertz CT molecular complexity index is 264. The van der Waals surface area contributed by atoms with Crippen molar-refractivity contribution in [1.82, 2.24) is 0 Å². The van der Waals surface area contributed by atoms with E-state index in [9.17, 15) is 4.79 Å². The Kier molecular flexibility index (Phi) is 11.3. The number of unbranched alkanes of at least 4 members (excludes halogenated alkanes) is 9. The van der Waals surface area contributed by atoms with E-state index in [2.05, 4.69) is 6.92 Å². The molecular formula is C19H35ClO. The highest BCUT2D eigenvalue weighted by atomic mass is 35.5. The van der Waals surface area contributed by atoms with Crippen molar-refractivity contribution in [3.8, 4) is 0 Å². The first kappa shape index (κ1) is 19.0. The molecule has 2 heteroatoms. The molecule has 1 nitrogen and oxygen atoms in total. The standard InChI is InChI=1S/C19H35ClO/c1-2-3-4-5-7-10-13-17-16-18(17)14-11-8-6-9-12-15-19(20)21/h17-18H,2-16H2,1H3. The van der Waals surface area contributed by atoms with Gasteiger partial charge in [0.2, 0.25) is 5.24 Å². The van der Waals surface area contributed by atoms with Gasteiger partial charge in [-0.3, -0.25) is 4.79 Å². The van der Waals surface area contributed by atoms with E-state index in [1.54, 1.807) is 0 Å². The highest BCUT2D eigenvalue weighted by molar-refractivity contribution is 6.63. The number of hydrogen-bond acceptors (Lipinski definition) is 1. The summed E-state index contributed by atoms with van der Waals surface area (Å²) in [4.78, 5) is 10.6. The molecule has 0 aromatic carbocycles. The molecule has 1 saturated carbocycles. The zero-order valence-corrected chi connectivity index (χ0v) is 14.8. The van der Waals surface area contributed by atoms with Crippen LogP contribution in [0.5, 0.6) is 0 Å². The highest BCUT2D eigenvalue weighted by Crippen LogP contribution is 2.45. The zero-order valence-electron chi connectivity index (χ0n) is 14.0. The number of carbonyl (C=O) groups excluding carboxylic acids is 1. The summed E-state index contributed by atoms with van der Waals surface area (Å²) in [6.07, 6.45) is 19.8. The molecule has 1 aliphatic carbocycles. The van der Waals surface area contributed by atoms with Crippen molar-refractivity contribution < 1.29 is 4.79 Å². The molecule has 0 aromatic rings. The van der Waals surface area contributed by atoms with Gasteiger partial charge >= 0.3 is 0 Å². The van der Waals surface area contributed by atoms with Crippen LogP contribution < -0.4 is 0 Å². The molecule has 0 aromatic heterocycles. The summed E-state index contributed by atoms with van der Waals surface area (Å²) in [5.41, 5.74) is 0. The van der Waals surface area contributed by atoms with E-state index in [-0.39, 0.29) is 5.24 Å². The Morgan fingerprint density at radius 2 is 1.29 bits per heavy atom. The van der Waals surface area contributed by atoms with Crippen LogP contribution in [0, 0.1) is 11.8 Å². The monoisotopic (exact) mass is 314 g/mol. The summed E-state index contributed by atoms with van der Waals surface area (Å²) >= 11 is 5.32. The second-order valence-corrected chi connectivity index (χ2v) is 7.40. The molecule has 2 unspecified atom stereocenters. The molecule has 0 spiro atoms. The summed E-state index contributed by atoms with van der Waals surface area (Å²) in [5.74, 6) is 2.13. The van der Waals surface area contributed by atoms with Gasteiger partial charge in [0.1, 0.15) is 0 Å². The third-order valence-corrected chi connectivity index (χ3v) is 5.13. The molecule has 124 valence electrons. The van der Waals surface area contributed by atoms with Crippen molar-refractivity contribution in [3.63, 3.8) is 0 Å². The summed E-state index contributed by atoms with van der Waals surface area (Å²) < 4.78 is 0. The van der Waals surface area contributed by atoms with Crippen molar-refractivity contribution >= 4 is 16.8 Å². The molecule has 0 saturated heterocycles. The molecule has 0 N–H and O–H groups in total. The maximum absolute atomic E-state index is 10.6. The largest absolute Gasteiger partial charge is 0.281 e. The molecule has 0 aliphatic heterocycles. The summed E-state index contributed by atoms with van der Waals surface area (Å²) in [5, 5.41) is -0.175. The first-order chi connectivity index (χ1) is 10.2. The van der Waals surface area contributed by atoms with Gasteiger partial charge in [-0.1, -0.05) is 84.0 Å². The van der Waals surface area contributed by atoms with Crippen molar-refractivity contribution in [3.05, 3.63) is 0 Å². The molecule has 0 heterocycles. The van der Waals surface area contributed by atoms with Crippen LogP contribution in [0.1, 0.15) is 103 Å². The smallest absolute Gasteiger partial charge is 0.221 e. The third-order valence-electron chi connectivity index (χ3n) is 4.95. The Morgan fingerprint density at radius 1 is 0.810 bits per heavy atom. The van der Waals surface area contributed by atoms with E-state index in [0.717, 1.165) is 18.3 Å². The number of hydrogen-bond donors (Lipinski definition) is 0. The van der Waals surface area contributed by atoms with E-state index in [0.29, 0.717) is 6.42 Å². The van der Waals surface area contributed by atoms with Gasteiger partial charge in [0.05, 0.1) is 0 Å². The van der Waals surface area contributed by atoms with Gasteiger partial charge in [-0.15, -0.1) is 0 Å². The number of rotatable bonds is 15. The molecule has 1 aliphatic rings. The van der Waals surface area contributed by atoms with Crippen molar-refractivity contribution in [2.45, 2.75) is 103 Å². The Balaban J connectivity index is 1.77. The quantitative estimate of drug-likeness (QED) is 0.238. The molecule has 0 amide bonds. The Hall–Kier alpha value is -0.0400. The van der Waals surface area contributed by atoms with Crippen LogP contribution in [-0.2, 0) is 4.79 Å².